The third kappa shape index (κ3) is 4.47. The Morgan fingerprint density at radius 1 is 1.16 bits per heavy atom. The molecular formula is C27H32N4O. The van der Waals surface area contributed by atoms with Gasteiger partial charge >= 0.3 is 0 Å². The van der Waals surface area contributed by atoms with Crippen molar-refractivity contribution in [2.24, 2.45) is 5.10 Å². The van der Waals surface area contributed by atoms with E-state index in [0.717, 1.165) is 30.6 Å². The van der Waals surface area contributed by atoms with Crippen molar-refractivity contribution in [2.75, 3.05) is 11.4 Å². The number of carbonyl (C=O) groups is 1. The van der Waals surface area contributed by atoms with E-state index >= 15 is 0 Å². The van der Waals surface area contributed by atoms with E-state index in [1.807, 2.05) is 47.3 Å². The zero-order valence-electron chi connectivity index (χ0n) is 19.4. The first-order chi connectivity index (χ1) is 15.4. The number of nitrogens with one attached hydrogen (secondary N) is 1. The minimum absolute atomic E-state index is 0.154. The lowest BCUT2D eigenvalue weighted by molar-refractivity contribution is 0.0955. The second-order valence-corrected chi connectivity index (χ2v) is 9.23. The second-order valence-electron chi connectivity index (χ2n) is 9.23. The van der Waals surface area contributed by atoms with Gasteiger partial charge in [-0.2, -0.15) is 5.10 Å². The van der Waals surface area contributed by atoms with Crippen LogP contribution in [0.15, 0.2) is 72.1 Å². The Morgan fingerprint density at radius 3 is 2.69 bits per heavy atom. The zero-order chi connectivity index (χ0) is 22.7. The van der Waals surface area contributed by atoms with E-state index in [9.17, 15) is 4.79 Å². The molecule has 166 valence electrons. The van der Waals surface area contributed by atoms with Gasteiger partial charge in [-0.15, -0.1) is 0 Å². The van der Waals surface area contributed by atoms with Crippen molar-refractivity contribution in [3.8, 4) is 5.69 Å². The van der Waals surface area contributed by atoms with Gasteiger partial charge in [0.1, 0.15) is 0 Å². The first-order valence-corrected chi connectivity index (χ1v) is 11.4. The number of amides is 1. The van der Waals surface area contributed by atoms with E-state index in [1.54, 1.807) is 12.3 Å². The molecule has 0 fully saturated rings. The molecule has 0 aliphatic carbocycles. The molecule has 1 amide bonds. The molecular weight excluding hydrogens is 396 g/mol. The smallest absolute Gasteiger partial charge is 0.271 e. The van der Waals surface area contributed by atoms with Gasteiger partial charge in [-0.25, -0.2) is 5.43 Å². The molecule has 2 heterocycles. The van der Waals surface area contributed by atoms with Crippen LogP contribution in [0.25, 0.3) is 5.69 Å². The summed E-state index contributed by atoms with van der Waals surface area (Å²) in [5, 5.41) is 4.22. The molecule has 3 aromatic rings. The minimum atomic E-state index is -0.225. The van der Waals surface area contributed by atoms with Gasteiger partial charge in [0.25, 0.3) is 5.91 Å². The fourth-order valence-corrected chi connectivity index (χ4v) is 4.78. The SMILES string of the molecule is CCCN1c2ccc(/C=N/NC(=O)c3cccc(-n4cccc4)c3)cc2C(C)CC1(C)C. The number of anilines is 1. The van der Waals surface area contributed by atoms with Crippen LogP contribution < -0.4 is 10.3 Å². The molecule has 5 heteroatoms. The average Bonchev–Trinajstić information content (AvgIpc) is 3.31. The summed E-state index contributed by atoms with van der Waals surface area (Å²) in [5.74, 6) is 0.255. The molecule has 1 N–H and O–H groups in total. The summed E-state index contributed by atoms with van der Waals surface area (Å²) in [6.45, 7) is 10.2. The summed E-state index contributed by atoms with van der Waals surface area (Å²) in [5.41, 5.74) is 8.00. The van der Waals surface area contributed by atoms with Crippen LogP contribution in [-0.2, 0) is 0 Å². The second kappa shape index (κ2) is 9.03. The highest BCUT2D eigenvalue weighted by atomic mass is 16.2. The van der Waals surface area contributed by atoms with Crippen LogP contribution in [-0.4, -0.2) is 28.8 Å². The number of hydrogen-bond donors (Lipinski definition) is 1. The summed E-state index contributed by atoms with van der Waals surface area (Å²) >= 11 is 0. The van der Waals surface area contributed by atoms with Gasteiger partial charge in [0.05, 0.1) is 6.21 Å². The first-order valence-electron chi connectivity index (χ1n) is 11.4. The van der Waals surface area contributed by atoms with E-state index in [0.29, 0.717) is 11.5 Å². The van der Waals surface area contributed by atoms with Crippen LogP contribution in [0.3, 0.4) is 0 Å². The number of benzene rings is 2. The number of hydrazone groups is 1. The largest absolute Gasteiger partial charge is 0.366 e. The maximum atomic E-state index is 12.6. The van der Waals surface area contributed by atoms with E-state index in [2.05, 4.69) is 61.3 Å². The minimum Gasteiger partial charge on any atom is -0.366 e. The van der Waals surface area contributed by atoms with Crippen molar-refractivity contribution in [1.82, 2.24) is 9.99 Å². The van der Waals surface area contributed by atoms with Gasteiger partial charge in [0, 0.05) is 41.4 Å². The molecule has 0 radical (unpaired) electrons. The molecule has 1 aliphatic rings. The fraction of sp³-hybridized carbons (Fsp3) is 0.333. The summed E-state index contributed by atoms with van der Waals surface area (Å²) in [4.78, 5) is 15.1. The van der Waals surface area contributed by atoms with Crippen LogP contribution in [0.4, 0.5) is 5.69 Å². The van der Waals surface area contributed by atoms with E-state index in [4.69, 9.17) is 0 Å². The number of hydrogen-bond acceptors (Lipinski definition) is 3. The Morgan fingerprint density at radius 2 is 1.94 bits per heavy atom. The first kappa shape index (κ1) is 21.9. The molecule has 0 saturated carbocycles. The summed E-state index contributed by atoms with van der Waals surface area (Å²) in [6, 6.07) is 17.9. The molecule has 1 unspecified atom stereocenters. The van der Waals surface area contributed by atoms with Gasteiger partial charge in [-0.1, -0.05) is 26.0 Å². The Kier molecular flexibility index (Phi) is 6.17. The van der Waals surface area contributed by atoms with Crippen LogP contribution in [0, 0.1) is 0 Å². The van der Waals surface area contributed by atoms with E-state index < -0.39 is 0 Å². The summed E-state index contributed by atoms with van der Waals surface area (Å²) in [6.07, 6.45) is 7.88. The molecule has 0 bridgehead atoms. The maximum absolute atomic E-state index is 12.6. The van der Waals surface area contributed by atoms with Gasteiger partial charge < -0.3 is 9.47 Å². The van der Waals surface area contributed by atoms with Crippen molar-refractivity contribution in [3.05, 3.63) is 83.7 Å². The van der Waals surface area contributed by atoms with Crippen LogP contribution in [0.2, 0.25) is 0 Å². The van der Waals surface area contributed by atoms with Crippen LogP contribution in [0.1, 0.15) is 67.9 Å². The maximum Gasteiger partial charge on any atom is 0.271 e. The lowest BCUT2D eigenvalue weighted by Gasteiger charge is -2.47. The van der Waals surface area contributed by atoms with Gasteiger partial charge in [0.2, 0.25) is 0 Å². The lowest BCUT2D eigenvalue weighted by atomic mass is 9.79. The Balaban J connectivity index is 1.48. The molecule has 1 atom stereocenters. The quantitative estimate of drug-likeness (QED) is 0.402. The number of fused-ring (bicyclic) bond motifs is 1. The standard InChI is InChI=1S/C27H32N4O/c1-5-13-31-25-12-11-21(16-24(25)20(2)18-27(31,3)4)19-28-29-26(32)22-9-8-10-23(17-22)30-14-6-7-15-30/h6-12,14-17,19-20H,5,13,18H2,1-4H3,(H,29,32)/b28-19+. The molecule has 1 aromatic heterocycles. The fourth-order valence-electron chi connectivity index (χ4n) is 4.78. The Hall–Kier alpha value is -3.34. The summed E-state index contributed by atoms with van der Waals surface area (Å²) in [7, 11) is 0. The average molecular weight is 429 g/mol. The molecule has 5 nitrogen and oxygen atoms in total. The Labute approximate surface area is 190 Å². The van der Waals surface area contributed by atoms with Crippen molar-refractivity contribution >= 4 is 17.8 Å². The van der Waals surface area contributed by atoms with Gasteiger partial charge in [-0.3, -0.25) is 4.79 Å². The number of rotatable bonds is 6. The Bertz CT molecular complexity index is 1110. The molecule has 1 aliphatic heterocycles. The van der Waals surface area contributed by atoms with E-state index in [1.165, 1.54) is 11.3 Å². The van der Waals surface area contributed by atoms with Gasteiger partial charge in [0.15, 0.2) is 0 Å². The normalized spacial score (nSPS) is 17.4. The van der Waals surface area contributed by atoms with E-state index in [-0.39, 0.29) is 11.4 Å². The molecule has 0 saturated heterocycles. The van der Waals surface area contributed by atoms with Crippen molar-refractivity contribution in [2.45, 2.75) is 52.0 Å². The lowest BCUT2D eigenvalue weighted by Crippen LogP contribution is -2.48. The highest BCUT2D eigenvalue weighted by molar-refractivity contribution is 5.95. The molecule has 2 aromatic carbocycles. The number of aromatic nitrogens is 1. The van der Waals surface area contributed by atoms with Crippen LogP contribution >= 0.6 is 0 Å². The monoisotopic (exact) mass is 428 g/mol. The predicted octanol–water partition coefficient (Wildman–Crippen LogP) is 5.74. The highest BCUT2D eigenvalue weighted by Crippen LogP contribution is 2.43. The topological polar surface area (TPSA) is 49.6 Å². The number of carbonyl (C=O) groups excluding carboxylic acids is 1. The number of nitrogens with zero attached hydrogens (tertiary/aromatic N) is 3. The summed E-state index contributed by atoms with van der Waals surface area (Å²) < 4.78 is 1.97. The molecule has 32 heavy (non-hydrogen) atoms. The van der Waals surface area contributed by atoms with Gasteiger partial charge in [-0.05, 0) is 86.2 Å². The molecule has 4 rings (SSSR count). The van der Waals surface area contributed by atoms with Crippen molar-refractivity contribution in [3.63, 3.8) is 0 Å². The third-order valence-corrected chi connectivity index (χ3v) is 6.25. The molecule has 0 spiro atoms. The van der Waals surface area contributed by atoms with Crippen molar-refractivity contribution < 1.29 is 4.79 Å². The van der Waals surface area contributed by atoms with Crippen molar-refractivity contribution in [1.29, 1.82) is 0 Å². The zero-order valence-corrected chi connectivity index (χ0v) is 19.4. The predicted molar refractivity (Wildman–Crippen MR) is 132 cm³/mol. The highest BCUT2D eigenvalue weighted by Gasteiger charge is 2.35. The van der Waals surface area contributed by atoms with Crippen LogP contribution in [0.5, 0.6) is 0 Å². The third-order valence-electron chi connectivity index (χ3n) is 6.25.